The van der Waals surface area contributed by atoms with Crippen LogP contribution in [0.2, 0.25) is 0 Å². The van der Waals surface area contributed by atoms with Crippen molar-refractivity contribution < 1.29 is 9.53 Å². The molecule has 0 aliphatic heterocycles. The predicted molar refractivity (Wildman–Crippen MR) is 78.5 cm³/mol. The van der Waals surface area contributed by atoms with Gasteiger partial charge in [0.2, 0.25) is 0 Å². The zero-order valence-electron chi connectivity index (χ0n) is 10.7. The number of carbonyl (C=O) groups excluding carboxylic acids is 1. The molecule has 1 aliphatic carbocycles. The molecule has 0 bridgehead atoms. The second kappa shape index (κ2) is 5.21. The van der Waals surface area contributed by atoms with Gasteiger partial charge in [-0.15, -0.1) is 11.3 Å². The van der Waals surface area contributed by atoms with Crippen LogP contribution in [0.3, 0.4) is 0 Å². The summed E-state index contributed by atoms with van der Waals surface area (Å²) in [5.74, 6) is 0.362. The van der Waals surface area contributed by atoms with Gasteiger partial charge in [-0.05, 0) is 48.4 Å². The molecule has 0 atom stereocenters. The Bertz CT molecular complexity index is 599. The molecular formula is C15H17NO2S. The predicted octanol–water partition coefficient (Wildman–Crippen LogP) is 3.83. The molecule has 19 heavy (non-hydrogen) atoms. The maximum Gasteiger partial charge on any atom is 0.348 e. The van der Waals surface area contributed by atoms with Crippen LogP contribution in [0.15, 0.2) is 24.3 Å². The summed E-state index contributed by atoms with van der Waals surface area (Å²) in [4.78, 5) is 12.7. The van der Waals surface area contributed by atoms with E-state index >= 15 is 0 Å². The number of nitrogen functional groups attached to an aromatic ring is 1. The van der Waals surface area contributed by atoms with E-state index in [-0.39, 0.29) is 5.97 Å². The normalized spacial score (nSPS) is 16.0. The Morgan fingerprint density at radius 1 is 1.32 bits per heavy atom. The number of hydrogen-bond donors (Lipinski definition) is 1. The Hall–Kier alpha value is -1.55. The van der Waals surface area contributed by atoms with Gasteiger partial charge in [-0.3, -0.25) is 0 Å². The summed E-state index contributed by atoms with van der Waals surface area (Å²) in [7, 11) is 0. The maximum absolute atomic E-state index is 12.0. The first kappa shape index (κ1) is 12.5. The molecule has 1 fully saturated rings. The zero-order chi connectivity index (χ0) is 13.2. The molecule has 2 N–H and O–H groups in total. The fourth-order valence-corrected chi connectivity index (χ4v) is 3.54. The van der Waals surface area contributed by atoms with Crippen molar-refractivity contribution in [2.45, 2.75) is 25.7 Å². The van der Waals surface area contributed by atoms with Crippen molar-refractivity contribution in [3.63, 3.8) is 0 Å². The van der Waals surface area contributed by atoms with E-state index in [9.17, 15) is 4.79 Å². The third-order valence-electron chi connectivity index (χ3n) is 3.67. The number of benzene rings is 1. The van der Waals surface area contributed by atoms with Gasteiger partial charge in [0.1, 0.15) is 4.88 Å². The summed E-state index contributed by atoms with van der Waals surface area (Å²) in [6.07, 6.45) is 4.92. The van der Waals surface area contributed by atoms with Crippen molar-refractivity contribution in [3.05, 3.63) is 29.1 Å². The first-order valence-corrected chi connectivity index (χ1v) is 7.50. The number of thiophene rings is 1. The van der Waals surface area contributed by atoms with Gasteiger partial charge in [-0.1, -0.05) is 12.8 Å². The van der Waals surface area contributed by atoms with Crippen molar-refractivity contribution in [1.82, 2.24) is 0 Å². The van der Waals surface area contributed by atoms with Crippen molar-refractivity contribution in [2.24, 2.45) is 5.92 Å². The van der Waals surface area contributed by atoms with Crippen LogP contribution >= 0.6 is 11.3 Å². The zero-order valence-corrected chi connectivity index (χ0v) is 11.5. The second-order valence-corrected chi connectivity index (χ2v) is 6.24. The molecule has 1 aromatic carbocycles. The Morgan fingerprint density at radius 2 is 2.11 bits per heavy atom. The Morgan fingerprint density at radius 3 is 2.89 bits per heavy atom. The smallest absolute Gasteiger partial charge is 0.348 e. The molecular weight excluding hydrogens is 258 g/mol. The topological polar surface area (TPSA) is 52.3 Å². The third kappa shape index (κ3) is 2.73. The molecule has 100 valence electrons. The molecule has 2 aromatic rings. The van der Waals surface area contributed by atoms with Crippen LogP contribution in [-0.2, 0) is 4.74 Å². The Balaban J connectivity index is 1.70. The SMILES string of the molecule is Nc1ccc2sc(C(=O)OCC3CCCC3)cc2c1. The monoisotopic (exact) mass is 275 g/mol. The Kier molecular flexibility index (Phi) is 3.42. The van der Waals surface area contributed by atoms with Gasteiger partial charge in [0.05, 0.1) is 6.61 Å². The second-order valence-electron chi connectivity index (χ2n) is 5.16. The highest BCUT2D eigenvalue weighted by molar-refractivity contribution is 7.20. The minimum Gasteiger partial charge on any atom is -0.461 e. The highest BCUT2D eigenvalue weighted by atomic mass is 32.1. The van der Waals surface area contributed by atoms with Crippen LogP contribution in [0.25, 0.3) is 10.1 Å². The lowest BCUT2D eigenvalue weighted by molar-refractivity contribution is 0.0448. The highest BCUT2D eigenvalue weighted by Gasteiger charge is 2.18. The fraction of sp³-hybridized carbons (Fsp3) is 0.400. The van der Waals surface area contributed by atoms with Crippen molar-refractivity contribution in [3.8, 4) is 0 Å². The first-order chi connectivity index (χ1) is 9.22. The van der Waals surface area contributed by atoms with E-state index in [1.54, 1.807) is 0 Å². The minimum atomic E-state index is -0.202. The molecule has 4 heteroatoms. The van der Waals surface area contributed by atoms with Gasteiger partial charge in [0, 0.05) is 10.4 Å². The van der Waals surface area contributed by atoms with Crippen molar-refractivity contribution in [1.29, 1.82) is 0 Å². The van der Waals surface area contributed by atoms with E-state index in [1.807, 2.05) is 24.3 Å². The molecule has 0 spiro atoms. The van der Waals surface area contributed by atoms with E-state index in [2.05, 4.69) is 0 Å². The molecule has 1 aromatic heterocycles. The van der Waals surface area contributed by atoms with Crippen LogP contribution in [0, 0.1) is 5.92 Å². The van der Waals surface area contributed by atoms with E-state index in [0.29, 0.717) is 17.4 Å². The number of nitrogens with two attached hydrogens (primary N) is 1. The summed E-state index contributed by atoms with van der Waals surface area (Å²) in [5, 5.41) is 1.01. The number of ether oxygens (including phenoxy) is 1. The van der Waals surface area contributed by atoms with Crippen LogP contribution in [0.5, 0.6) is 0 Å². The van der Waals surface area contributed by atoms with Gasteiger partial charge in [0.15, 0.2) is 0 Å². The van der Waals surface area contributed by atoms with Gasteiger partial charge in [-0.2, -0.15) is 0 Å². The third-order valence-corrected chi connectivity index (χ3v) is 4.76. The molecule has 0 amide bonds. The number of rotatable bonds is 3. The van der Waals surface area contributed by atoms with E-state index in [0.717, 1.165) is 15.8 Å². The van der Waals surface area contributed by atoms with Gasteiger partial charge in [0.25, 0.3) is 0 Å². The standard InChI is InChI=1S/C15H17NO2S/c16-12-5-6-13-11(7-12)8-14(19-13)15(17)18-9-10-3-1-2-4-10/h5-8,10H,1-4,9,16H2. The van der Waals surface area contributed by atoms with Crippen LogP contribution in [-0.4, -0.2) is 12.6 Å². The minimum absolute atomic E-state index is 0.202. The maximum atomic E-state index is 12.0. The number of esters is 1. The van der Waals surface area contributed by atoms with E-state index in [4.69, 9.17) is 10.5 Å². The van der Waals surface area contributed by atoms with E-state index < -0.39 is 0 Å². The number of carbonyl (C=O) groups is 1. The van der Waals surface area contributed by atoms with E-state index in [1.165, 1.54) is 37.0 Å². The van der Waals surface area contributed by atoms with Crippen molar-refractivity contribution in [2.75, 3.05) is 12.3 Å². The molecule has 1 aliphatic rings. The quantitative estimate of drug-likeness (QED) is 0.684. The first-order valence-electron chi connectivity index (χ1n) is 6.68. The lowest BCUT2D eigenvalue weighted by Gasteiger charge is -2.08. The molecule has 1 saturated carbocycles. The summed E-state index contributed by atoms with van der Waals surface area (Å²) in [5.41, 5.74) is 6.46. The molecule has 0 saturated heterocycles. The lowest BCUT2D eigenvalue weighted by atomic mass is 10.1. The average Bonchev–Trinajstić information content (AvgIpc) is 3.04. The highest BCUT2D eigenvalue weighted by Crippen LogP contribution is 2.29. The summed E-state index contributed by atoms with van der Waals surface area (Å²) >= 11 is 1.47. The summed E-state index contributed by atoms with van der Waals surface area (Å²) in [6.45, 7) is 0.565. The van der Waals surface area contributed by atoms with Crippen LogP contribution in [0.4, 0.5) is 5.69 Å². The number of fused-ring (bicyclic) bond motifs is 1. The number of hydrogen-bond acceptors (Lipinski definition) is 4. The molecule has 3 rings (SSSR count). The summed E-state index contributed by atoms with van der Waals surface area (Å²) < 4.78 is 6.48. The molecule has 3 nitrogen and oxygen atoms in total. The molecule has 0 radical (unpaired) electrons. The Labute approximate surface area is 116 Å². The number of anilines is 1. The lowest BCUT2D eigenvalue weighted by Crippen LogP contribution is -2.10. The van der Waals surface area contributed by atoms with Crippen LogP contribution < -0.4 is 5.73 Å². The molecule has 1 heterocycles. The summed E-state index contributed by atoms with van der Waals surface area (Å²) in [6, 6.07) is 7.56. The average molecular weight is 275 g/mol. The van der Waals surface area contributed by atoms with Gasteiger partial charge >= 0.3 is 5.97 Å². The van der Waals surface area contributed by atoms with Crippen molar-refractivity contribution >= 4 is 33.1 Å². The largest absolute Gasteiger partial charge is 0.461 e. The van der Waals surface area contributed by atoms with Gasteiger partial charge in [-0.25, -0.2) is 4.79 Å². The molecule has 0 unspecified atom stereocenters. The van der Waals surface area contributed by atoms with Crippen LogP contribution in [0.1, 0.15) is 35.4 Å². The van der Waals surface area contributed by atoms with Gasteiger partial charge < -0.3 is 10.5 Å². The fourth-order valence-electron chi connectivity index (χ4n) is 2.60.